The molecule has 0 unspecified atom stereocenters. The van der Waals surface area contributed by atoms with Crippen molar-refractivity contribution in [2.45, 2.75) is 66.2 Å². The standard InChI is InChI=1S/C27H37NO2/c1-18(2)19-7-13-23-20(17-19)8-14-24-26(23,3)15-6-16-27(24,4)25(29)28-21-9-11-22(30-5)12-10-21/h8-12,17-18,23-24H,6-7,13-16H2,1-5H3,(H,28,29)/t23-,24+,26+,27+/m0/s1. The van der Waals surface area contributed by atoms with Crippen LogP contribution in [0.25, 0.3) is 0 Å². The largest absolute Gasteiger partial charge is 0.497 e. The van der Waals surface area contributed by atoms with Crippen LogP contribution in [-0.2, 0) is 4.79 Å². The average molecular weight is 408 g/mol. The van der Waals surface area contributed by atoms with Crippen LogP contribution in [0.5, 0.6) is 5.75 Å². The molecule has 1 amide bonds. The van der Waals surface area contributed by atoms with Crippen LogP contribution < -0.4 is 10.1 Å². The van der Waals surface area contributed by atoms with Gasteiger partial charge in [0.05, 0.1) is 12.5 Å². The van der Waals surface area contributed by atoms with Gasteiger partial charge in [-0.25, -0.2) is 0 Å². The third-order valence-corrected chi connectivity index (χ3v) is 8.45. The second-order valence-corrected chi connectivity index (χ2v) is 10.4. The molecule has 1 N–H and O–H groups in total. The first-order valence-corrected chi connectivity index (χ1v) is 11.6. The molecule has 3 aliphatic rings. The van der Waals surface area contributed by atoms with E-state index in [0.29, 0.717) is 17.8 Å². The third-order valence-electron chi connectivity index (χ3n) is 8.45. The van der Waals surface area contributed by atoms with Gasteiger partial charge in [0, 0.05) is 5.69 Å². The van der Waals surface area contributed by atoms with Crippen LogP contribution >= 0.6 is 0 Å². The lowest BCUT2D eigenvalue weighted by Crippen LogP contribution is -2.54. The molecule has 3 heteroatoms. The monoisotopic (exact) mass is 407 g/mol. The van der Waals surface area contributed by atoms with Gasteiger partial charge >= 0.3 is 0 Å². The van der Waals surface area contributed by atoms with Crippen molar-refractivity contribution < 1.29 is 9.53 Å². The highest BCUT2D eigenvalue weighted by Gasteiger charge is 2.56. The number of nitrogens with one attached hydrogen (secondary N) is 1. The van der Waals surface area contributed by atoms with E-state index in [1.54, 1.807) is 18.3 Å². The SMILES string of the molecule is COc1ccc(NC(=O)[C@]2(C)CCC[C@@]3(C)[C@H]2CC=C2C=C(C(C)C)CC[C@@H]23)cc1. The number of fused-ring (bicyclic) bond motifs is 3. The van der Waals surface area contributed by atoms with E-state index < -0.39 is 0 Å². The number of anilines is 1. The lowest BCUT2D eigenvalue weighted by atomic mass is 9.46. The zero-order valence-electron chi connectivity index (χ0n) is 19.3. The van der Waals surface area contributed by atoms with E-state index in [2.05, 4.69) is 45.2 Å². The number of carbonyl (C=O) groups excluding carboxylic acids is 1. The first-order chi connectivity index (χ1) is 14.3. The van der Waals surface area contributed by atoms with E-state index in [9.17, 15) is 4.79 Å². The molecule has 1 aromatic carbocycles. The molecule has 3 nitrogen and oxygen atoms in total. The second-order valence-electron chi connectivity index (χ2n) is 10.4. The van der Waals surface area contributed by atoms with Crippen molar-refractivity contribution in [2.24, 2.45) is 28.6 Å². The number of amides is 1. The highest BCUT2D eigenvalue weighted by molar-refractivity contribution is 5.95. The fourth-order valence-corrected chi connectivity index (χ4v) is 6.56. The van der Waals surface area contributed by atoms with E-state index in [1.165, 1.54) is 19.3 Å². The molecular weight excluding hydrogens is 370 g/mol. The van der Waals surface area contributed by atoms with Crippen LogP contribution in [-0.4, -0.2) is 13.0 Å². The van der Waals surface area contributed by atoms with Crippen molar-refractivity contribution in [1.82, 2.24) is 0 Å². The van der Waals surface area contributed by atoms with Crippen LogP contribution in [0.1, 0.15) is 66.2 Å². The molecule has 30 heavy (non-hydrogen) atoms. The molecule has 1 saturated carbocycles. The van der Waals surface area contributed by atoms with Crippen molar-refractivity contribution in [1.29, 1.82) is 0 Å². The molecule has 4 atom stereocenters. The predicted molar refractivity (Wildman–Crippen MR) is 124 cm³/mol. The number of hydrogen-bond donors (Lipinski definition) is 1. The van der Waals surface area contributed by atoms with Crippen molar-refractivity contribution in [3.8, 4) is 5.75 Å². The maximum absolute atomic E-state index is 13.6. The van der Waals surface area contributed by atoms with Gasteiger partial charge in [-0.05, 0) is 85.1 Å². The van der Waals surface area contributed by atoms with Crippen LogP contribution in [0.15, 0.2) is 47.6 Å². The number of allylic oxidation sites excluding steroid dienone is 4. The Morgan fingerprint density at radius 1 is 1.17 bits per heavy atom. The summed E-state index contributed by atoms with van der Waals surface area (Å²) in [5.41, 5.74) is 3.85. The molecule has 0 bridgehead atoms. The topological polar surface area (TPSA) is 38.3 Å². The minimum atomic E-state index is -0.336. The molecule has 0 heterocycles. The van der Waals surface area contributed by atoms with Crippen LogP contribution in [0, 0.1) is 28.6 Å². The molecule has 162 valence electrons. The van der Waals surface area contributed by atoms with E-state index in [1.807, 2.05) is 24.3 Å². The maximum atomic E-state index is 13.6. The van der Waals surface area contributed by atoms with Gasteiger partial charge in [-0.15, -0.1) is 0 Å². The predicted octanol–water partition coefficient (Wildman–Crippen LogP) is 6.77. The van der Waals surface area contributed by atoms with Crippen molar-refractivity contribution in [3.63, 3.8) is 0 Å². The molecule has 0 spiro atoms. The Hall–Kier alpha value is -2.03. The van der Waals surface area contributed by atoms with Crippen molar-refractivity contribution >= 4 is 11.6 Å². The fourth-order valence-electron chi connectivity index (χ4n) is 6.56. The van der Waals surface area contributed by atoms with E-state index in [4.69, 9.17) is 4.74 Å². The van der Waals surface area contributed by atoms with E-state index in [-0.39, 0.29) is 16.7 Å². The lowest BCUT2D eigenvalue weighted by Gasteiger charge is -2.57. The normalized spacial score (nSPS) is 33.1. The van der Waals surface area contributed by atoms with Crippen molar-refractivity contribution in [2.75, 3.05) is 12.4 Å². The van der Waals surface area contributed by atoms with Crippen molar-refractivity contribution in [3.05, 3.63) is 47.6 Å². The van der Waals surface area contributed by atoms with Crippen LogP contribution in [0.2, 0.25) is 0 Å². The minimum Gasteiger partial charge on any atom is -0.497 e. The van der Waals surface area contributed by atoms with Gasteiger partial charge in [-0.3, -0.25) is 4.79 Å². The van der Waals surface area contributed by atoms with Gasteiger partial charge in [-0.1, -0.05) is 51.8 Å². The fraction of sp³-hybridized carbons (Fsp3) is 0.593. The number of carbonyl (C=O) groups is 1. The van der Waals surface area contributed by atoms with Crippen LogP contribution in [0.4, 0.5) is 5.69 Å². The maximum Gasteiger partial charge on any atom is 0.230 e. The summed E-state index contributed by atoms with van der Waals surface area (Å²) in [4.78, 5) is 13.6. The van der Waals surface area contributed by atoms with E-state index >= 15 is 0 Å². The zero-order valence-corrected chi connectivity index (χ0v) is 19.3. The lowest BCUT2D eigenvalue weighted by molar-refractivity contribution is -0.138. The summed E-state index contributed by atoms with van der Waals surface area (Å²) in [6.45, 7) is 9.30. The van der Waals surface area contributed by atoms with Crippen LogP contribution in [0.3, 0.4) is 0 Å². The Morgan fingerprint density at radius 3 is 2.57 bits per heavy atom. The van der Waals surface area contributed by atoms with Gasteiger partial charge in [0.1, 0.15) is 5.75 Å². The van der Waals surface area contributed by atoms with Gasteiger partial charge in [0.15, 0.2) is 0 Å². The molecule has 4 rings (SSSR count). The minimum absolute atomic E-state index is 0.176. The number of rotatable bonds is 4. The summed E-state index contributed by atoms with van der Waals surface area (Å²) in [6.07, 6.45) is 11.7. The average Bonchev–Trinajstić information content (AvgIpc) is 2.73. The Labute approximate surface area is 182 Å². The summed E-state index contributed by atoms with van der Waals surface area (Å²) in [5, 5.41) is 3.22. The summed E-state index contributed by atoms with van der Waals surface area (Å²) < 4.78 is 5.24. The molecule has 0 aliphatic heterocycles. The molecular formula is C27H37NO2. The van der Waals surface area contributed by atoms with Gasteiger partial charge in [0.2, 0.25) is 5.91 Å². The molecule has 3 aliphatic carbocycles. The molecule has 0 aromatic heterocycles. The van der Waals surface area contributed by atoms with Gasteiger partial charge in [0.25, 0.3) is 0 Å². The molecule has 1 aromatic rings. The van der Waals surface area contributed by atoms with Gasteiger partial charge in [-0.2, -0.15) is 0 Å². The Bertz CT molecular complexity index is 865. The smallest absolute Gasteiger partial charge is 0.230 e. The molecule has 0 radical (unpaired) electrons. The number of methoxy groups -OCH3 is 1. The highest BCUT2D eigenvalue weighted by atomic mass is 16.5. The highest BCUT2D eigenvalue weighted by Crippen LogP contribution is 2.62. The summed E-state index contributed by atoms with van der Waals surface area (Å²) in [5.74, 6) is 2.59. The summed E-state index contributed by atoms with van der Waals surface area (Å²) in [7, 11) is 1.66. The Morgan fingerprint density at radius 2 is 1.90 bits per heavy atom. The number of ether oxygens (including phenoxy) is 1. The summed E-state index contributed by atoms with van der Waals surface area (Å²) in [6, 6.07) is 7.67. The molecule has 0 saturated heterocycles. The second kappa shape index (κ2) is 7.90. The zero-order chi connectivity index (χ0) is 21.5. The van der Waals surface area contributed by atoms with Gasteiger partial charge < -0.3 is 10.1 Å². The number of benzene rings is 1. The Kier molecular flexibility index (Phi) is 5.59. The number of hydrogen-bond acceptors (Lipinski definition) is 2. The first kappa shape index (κ1) is 21.2. The third kappa shape index (κ3) is 3.50. The Balaban J connectivity index is 1.60. The molecule has 1 fully saturated rings. The first-order valence-electron chi connectivity index (χ1n) is 11.6. The quantitative estimate of drug-likeness (QED) is 0.598. The summed E-state index contributed by atoms with van der Waals surface area (Å²) >= 11 is 0. The van der Waals surface area contributed by atoms with E-state index in [0.717, 1.165) is 30.7 Å².